The van der Waals surface area contributed by atoms with E-state index in [2.05, 4.69) is 67.5 Å². The van der Waals surface area contributed by atoms with E-state index in [4.69, 9.17) is 0 Å². The van der Waals surface area contributed by atoms with Gasteiger partial charge in [0.1, 0.15) is 5.75 Å². The van der Waals surface area contributed by atoms with Gasteiger partial charge >= 0.3 is 0 Å². The average molecular weight is 585 g/mol. The number of hydrogen-bond donors (Lipinski definition) is 2. The molecule has 3 nitrogen and oxygen atoms in total. The monoisotopic (exact) mass is 584 g/mol. The maximum atomic E-state index is 10.0. The molecule has 2 aliphatic rings. The predicted octanol–water partition coefficient (Wildman–Crippen LogP) is 4.58. The van der Waals surface area contributed by atoms with E-state index in [0.717, 1.165) is 39.2 Å². The van der Waals surface area contributed by atoms with E-state index >= 15 is 0 Å². The normalized spacial score (nSPS) is 20.6. The van der Waals surface area contributed by atoms with Crippen molar-refractivity contribution >= 4 is 70.0 Å². The molecule has 1 aliphatic carbocycles. The van der Waals surface area contributed by atoms with E-state index in [0.29, 0.717) is 11.8 Å². The molecule has 23 heavy (non-hydrogen) atoms. The van der Waals surface area contributed by atoms with Gasteiger partial charge in [-0.25, -0.2) is 0 Å². The fourth-order valence-electron chi connectivity index (χ4n) is 3.77. The molecule has 0 amide bonds. The van der Waals surface area contributed by atoms with Crippen molar-refractivity contribution in [3.05, 3.63) is 24.8 Å². The molecule has 2 fully saturated rings. The number of nitrogens with one attached hydrogen (secondary N) is 1. The summed E-state index contributed by atoms with van der Waals surface area (Å²) in [6, 6.07) is 4.92. The quantitative estimate of drug-likeness (QED) is 0.511. The zero-order chi connectivity index (χ0) is 14.8. The maximum Gasteiger partial charge on any atom is 0.142 e. The van der Waals surface area contributed by atoms with Crippen molar-refractivity contribution < 1.29 is 5.11 Å². The number of halogens is 4. The van der Waals surface area contributed by atoms with Crippen LogP contribution in [0.5, 0.6) is 5.75 Å². The zero-order valence-electron chi connectivity index (χ0n) is 12.9. The number of hydrogen-bond acceptors (Lipinski definition) is 3. The molecule has 1 aliphatic heterocycles. The van der Waals surface area contributed by atoms with Crippen LogP contribution in [0, 0.1) is 13.1 Å². The Morgan fingerprint density at radius 2 is 1.57 bits per heavy atom. The Morgan fingerprint density at radius 3 is 2.09 bits per heavy atom. The first-order valence-corrected chi connectivity index (χ1v) is 9.95. The smallest absolute Gasteiger partial charge is 0.142 e. The van der Waals surface area contributed by atoms with Gasteiger partial charge in [-0.1, -0.05) is 12.8 Å². The number of rotatable bonds is 3. The van der Waals surface area contributed by atoms with Crippen LogP contribution in [0.25, 0.3) is 0 Å². The molecular formula is C16H24Cl2I2N2O. The largest absolute Gasteiger partial charge is 0.506 e. The molecule has 0 spiro atoms. The second-order valence-corrected chi connectivity index (χ2v) is 8.43. The highest BCUT2D eigenvalue weighted by molar-refractivity contribution is 14.1. The average Bonchev–Trinajstić information content (AvgIpc) is 3.00. The van der Waals surface area contributed by atoms with Crippen molar-refractivity contribution in [3.63, 3.8) is 0 Å². The Labute approximate surface area is 178 Å². The molecule has 1 heterocycles. The summed E-state index contributed by atoms with van der Waals surface area (Å²) in [5, 5.41) is 13.5. The standard InChI is InChI=1S/C16H22I2N2O.2ClH/c17-13-9-12(10-14(18)16(13)21)15(11-3-1-2-4-11)20-7-5-19-6-8-20;;/h9-11,15,19,21H,1-8H2;2*1H/t15-;;/m1../s1. The van der Waals surface area contributed by atoms with Gasteiger partial charge in [0, 0.05) is 32.2 Å². The Kier molecular flexibility index (Phi) is 9.77. The van der Waals surface area contributed by atoms with Crippen LogP contribution >= 0.6 is 70.0 Å². The minimum Gasteiger partial charge on any atom is -0.506 e. The van der Waals surface area contributed by atoms with E-state index in [1.54, 1.807) is 0 Å². The molecule has 2 N–H and O–H groups in total. The van der Waals surface area contributed by atoms with Crippen LogP contribution in [0.4, 0.5) is 0 Å². The highest BCUT2D eigenvalue weighted by Crippen LogP contribution is 2.41. The summed E-state index contributed by atoms with van der Waals surface area (Å²) in [5.41, 5.74) is 1.40. The summed E-state index contributed by atoms with van der Waals surface area (Å²) >= 11 is 4.51. The third-order valence-electron chi connectivity index (χ3n) is 4.77. The Morgan fingerprint density at radius 1 is 1.04 bits per heavy atom. The maximum absolute atomic E-state index is 10.0. The number of phenols is 1. The minimum atomic E-state index is 0. The topological polar surface area (TPSA) is 35.5 Å². The van der Waals surface area contributed by atoms with Crippen LogP contribution in [0.15, 0.2) is 12.1 Å². The van der Waals surface area contributed by atoms with Crippen LogP contribution in [-0.4, -0.2) is 36.2 Å². The zero-order valence-corrected chi connectivity index (χ0v) is 18.9. The van der Waals surface area contributed by atoms with Crippen molar-refractivity contribution in [2.75, 3.05) is 26.2 Å². The van der Waals surface area contributed by atoms with Crippen molar-refractivity contribution in [2.24, 2.45) is 5.92 Å². The number of aromatic hydroxyl groups is 1. The number of piperazine rings is 1. The van der Waals surface area contributed by atoms with E-state index < -0.39 is 0 Å². The lowest BCUT2D eigenvalue weighted by Crippen LogP contribution is -2.46. The molecule has 3 rings (SSSR count). The molecule has 7 heteroatoms. The molecule has 1 atom stereocenters. The van der Waals surface area contributed by atoms with Gasteiger partial charge in [0.05, 0.1) is 7.14 Å². The van der Waals surface area contributed by atoms with Gasteiger partial charge in [-0.2, -0.15) is 0 Å². The minimum absolute atomic E-state index is 0. The van der Waals surface area contributed by atoms with Crippen LogP contribution in [-0.2, 0) is 0 Å². The van der Waals surface area contributed by atoms with Crippen molar-refractivity contribution in [1.82, 2.24) is 10.2 Å². The molecule has 132 valence electrons. The van der Waals surface area contributed by atoms with Gasteiger partial charge in [-0.05, 0) is 81.6 Å². The number of phenolic OH excluding ortho intramolecular Hbond substituents is 1. The molecule has 0 radical (unpaired) electrons. The molecule has 0 aromatic heterocycles. The fraction of sp³-hybridized carbons (Fsp3) is 0.625. The van der Waals surface area contributed by atoms with E-state index in [1.807, 2.05) is 0 Å². The second-order valence-electron chi connectivity index (χ2n) is 6.11. The SMILES string of the molecule is Cl.Cl.Oc1c(I)cc([C@@H](C2CCCC2)N2CCNCC2)cc1I. The first-order valence-electron chi connectivity index (χ1n) is 7.79. The highest BCUT2D eigenvalue weighted by Gasteiger charge is 2.32. The van der Waals surface area contributed by atoms with E-state index in [9.17, 15) is 5.11 Å². The van der Waals surface area contributed by atoms with Crippen molar-refractivity contribution in [1.29, 1.82) is 0 Å². The lowest BCUT2D eigenvalue weighted by molar-refractivity contribution is 0.125. The summed E-state index contributed by atoms with van der Waals surface area (Å²) < 4.78 is 1.96. The Balaban J connectivity index is 0.00000132. The third kappa shape index (κ3) is 5.23. The summed E-state index contributed by atoms with van der Waals surface area (Å²) in [7, 11) is 0. The summed E-state index contributed by atoms with van der Waals surface area (Å²) in [6.07, 6.45) is 5.45. The Hall–Kier alpha value is 0.980. The molecule has 1 aromatic rings. The lowest BCUT2D eigenvalue weighted by Gasteiger charge is -2.39. The summed E-state index contributed by atoms with van der Waals surface area (Å²) in [5.74, 6) is 1.21. The highest BCUT2D eigenvalue weighted by atomic mass is 127. The molecule has 0 unspecified atom stereocenters. The van der Waals surface area contributed by atoms with Crippen LogP contribution in [0.2, 0.25) is 0 Å². The number of benzene rings is 1. The molecule has 1 saturated heterocycles. The van der Waals surface area contributed by atoms with Crippen molar-refractivity contribution in [2.45, 2.75) is 31.7 Å². The van der Waals surface area contributed by atoms with E-state index in [-0.39, 0.29) is 24.8 Å². The van der Waals surface area contributed by atoms with E-state index in [1.165, 1.54) is 31.2 Å². The second kappa shape index (κ2) is 10.2. The Bertz CT molecular complexity index is 484. The fourth-order valence-corrected chi connectivity index (χ4v) is 5.59. The van der Waals surface area contributed by atoms with Crippen LogP contribution < -0.4 is 5.32 Å². The van der Waals surface area contributed by atoms with Gasteiger partial charge in [-0.15, -0.1) is 24.8 Å². The molecule has 1 saturated carbocycles. The molecular weight excluding hydrogens is 561 g/mol. The van der Waals surface area contributed by atoms with Gasteiger partial charge < -0.3 is 10.4 Å². The van der Waals surface area contributed by atoms with Gasteiger partial charge in [0.25, 0.3) is 0 Å². The molecule has 1 aromatic carbocycles. The third-order valence-corrected chi connectivity index (χ3v) is 6.42. The van der Waals surface area contributed by atoms with Gasteiger partial charge in [0.2, 0.25) is 0 Å². The summed E-state index contributed by atoms with van der Waals surface area (Å²) in [6.45, 7) is 4.45. The first kappa shape index (κ1) is 22.0. The lowest BCUT2D eigenvalue weighted by atomic mass is 9.89. The number of nitrogens with zero attached hydrogens (tertiary/aromatic N) is 1. The summed E-state index contributed by atoms with van der Waals surface area (Å²) in [4.78, 5) is 2.66. The predicted molar refractivity (Wildman–Crippen MR) is 117 cm³/mol. The van der Waals surface area contributed by atoms with Crippen molar-refractivity contribution in [3.8, 4) is 5.75 Å². The molecule has 0 bridgehead atoms. The first-order chi connectivity index (χ1) is 10.2. The van der Waals surface area contributed by atoms with Crippen LogP contribution in [0.3, 0.4) is 0 Å². The van der Waals surface area contributed by atoms with Gasteiger partial charge in [-0.3, -0.25) is 4.90 Å². The van der Waals surface area contributed by atoms with Crippen LogP contribution in [0.1, 0.15) is 37.3 Å². The van der Waals surface area contributed by atoms with Gasteiger partial charge in [0.15, 0.2) is 0 Å².